The Kier molecular flexibility index (Phi) is 5.65. The van der Waals surface area contributed by atoms with Gasteiger partial charge in [-0.15, -0.1) is 0 Å². The maximum atomic E-state index is 5.97. The summed E-state index contributed by atoms with van der Waals surface area (Å²) >= 11 is 3.46. The van der Waals surface area contributed by atoms with Gasteiger partial charge in [-0.05, 0) is 36.8 Å². The lowest BCUT2D eigenvalue weighted by Gasteiger charge is -2.14. The van der Waals surface area contributed by atoms with Crippen molar-refractivity contribution >= 4 is 15.9 Å². The number of methoxy groups -OCH3 is 1. The average molecular weight is 350 g/mol. The van der Waals surface area contributed by atoms with E-state index < -0.39 is 0 Å². The zero-order valence-corrected chi connectivity index (χ0v) is 13.9. The Balaban J connectivity index is 1.97. The van der Waals surface area contributed by atoms with Crippen LogP contribution in [0.15, 0.2) is 46.9 Å². The van der Waals surface area contributed by atoms with Crippen molar-refractivity contribution in [2.24, 2.45) is 5.73 Å². The lowest BCUT2D eigenvalue weighted by Crippen LogP contribution is -2.09. The lowest BCUT2D eigenvalue weighted by atomic mass is 10.1. The van der Waals surface area contributed by atoms with Gasteiger partial charge in [-0.1, -0.05) is 34.1 Å². The van der Waals surface area contributed by atoms with Gasteiger partial charge < -0.3 is 15.2 Å². The molecule has 2 aromatic rings. The van der Waals surface area contributed by atoms with E-state index in [4.69, 9.17) is 15.2 Å². The number of hydrogen-bond acceptors (Lipinski definition) is 3. The molecule has 0 unspecified atom stereocenters. The molecule has 0 aromatic heterocycles. The van der Waals surface area contributed by atoms with Gasteiger partial charge in [0, 0.05) is 22.5 Å². The van der Waals surface area contributed by atoms with Gasteiger partial charge >= 0.3 is 0 Å². The molecule has 0 amide bonds. The van der Waals surface area contributed by atoms with E-state index >= 15 is 0 Å². The van der Waals surface area contributed by atoms with Crippen LogP contribution in [0.2, 0.25) is 0 Å². The van der Waals surface area contributed by atoms with Crippen LogP contribution < -0.4 is 15.2 Å². The van der Waals surface area contributed by atoms with Crippen LogP contribution in [-0.2, 0) is 6.42 Å². The number of ether oxygens (including phenoxy) is 2. The predicted molar refractivity (Wildman–Crippen MR) is 88.9 cm³/mol. The first-order chi connectivity index (χ1) is 10.1. The average Bonchev–Trinajstić information content (AvgIpc) is 2.48. The van der Waals surface area contributed by atoms with Gasteiger partial charge in [0.25, 0.3) is 0 Å². The molecule has 0 bridgehead atoms. The van der Waals surface area contributed by atoms with E-state index in [0.717, 1.165) is 28.0 Å². The Morgan fingerprint density at radius 1 is 1.14 bits per heavy atom. The quantitative estimate of drug-likeness (QED) is 0.853. The van der Waals surface area contributed by atoms with Crippen molar-refractivity contribution in [2.45, 2.75) is 19.4 Å². The monoisotopic (exact) mass is 349 g/mol. The molecule has 0 fully saturated rings. The highest BCUT2D eigenvalue weighted by molar-refractivity contribution is 9.10. The highest BCUT2D eigenvalue weighted by Crippen LogP contribution is 2.27. The molecular formula is C17H20BrNO2. The van der Waals surface area contributed by atoms with Gasteiger partial charge in [0.05, 0.1) is 13.7 Å². The molecule has 2 rings (SSSR count). The molecule has 2 aromatic carbocycles. The van der Waals surface area contributed by atoms with Crippen LogP contribution in [0.3, 0.4) is 0 Å². The van der Waals surface area contributed by atoms with Gasteiger partial charge in [0.1, 0.15) is 11.5 Å². The normalized spacial score (nSPS) is 12.0. The molecule has 0 radical (unpaired) electrons. The van der Waals surface area contributed by atoms with Crippen LogP contribution in [0.25, 0.3) is 0 Å². The summed E-state index contributed by atoms with van der Waals surface area (Å²) in [5.74, 6) is 1.71. The first kappa shape index (κ1) is 15.9. The second-order valence-electron chi connectivity index (χ2n) is 4.92. The second kappa shape index (κ2) is 7.48. The zero-order valence-electron chi connectivity index (χ0n) is 12.3. The lowest BCUT2D eigenvalue weighted by molar-refractivity contribution is 0.317. The molecule has 4 heteroatoms. The minimum atomic E-state index is -0.0471. The summed E-state index contributed by atoms with van der Waals surface area (Å²) in [5, 5.41) is 0. The van der Waals surface area contributed by atoms with Gasteiger partial charge in [-0.25, -0.2) is 0 Å². The number of rotatable bonds is 6. The number of nitrogens with two attached hydrogens (primary N) is 1. The summed E-state index contributed by atoms with van der Waals surface area (Å²) in [4.78, 5) is 0. The van der Waals surface area contributed by atoms with Gasteiger partial charge in [-0.3, -0.25) is 0 Å². The maximum absolute atomic E-state index is 5.97. The van der Waals surface area contributed by atoms with E-state index in [2.05, 4.69) is 28.1 Å². The first-order valence-corrected chi connectivity index (χ1v) is 7.70. The standard InChI is InChI=1S/C17H20BrNO2/c1-12(19)16-8-5-14(18)11-17(16)21-10-9-13-3-6-15(20-2)7-4-13/h3-8,11-12H,9-10,19H2,1-2H3/t12-/m1/s1. The third-order valence-electron chi connectivity index (χ3n) is 3.27. The molecule has 0 saturated carbocycles. The fourth-order valence-corrected chi connectivity index (χ4v) is 2.42. The molecule has 0 spiro atoms. The van der Waals surface area contributed by atoms with Crippen molar-refractivity contribution in [2.75, 3.05) is 13.7 Å². The Morgan fingerprint density at radius 3 is 2.48 bits per heavy atom. The summed E-state index contributed by atoms with van der Waals surface area (Å²) in [6.45, 7) is 2.57. The SMILES string of the molecule is COc1ccc(CCOc2cc(Br)ccc2[C@@H](C)N)cc1. The molecule has 1 atom stereocenters. The topological polar surface area (TPSA) is 44.5 Å². The summed E-state index contributed by atoms with van der Waals surface area (Å²) < 4.78 is 12.0. The predicted octanol–water partition coefficient (Wildman–Crippen LogP) is 4.10. The van der Waals surface area contributed by atoms with E-state index in [9.17, 15) is 0 Å². The van der Waals surface area contributed by atoms with Crippen LogP contribution in [-0.4, -0.2) is 13.7 Å². The fourth-order valence-electron chi connectivity index (χ4n) is 2.08. The number of hydrogen-bond donors (Lipinski definition) is 1. The summed E-state index contributed by atoms with van der Waals surface area (Å²) in [5.41, 5.74) is 8.21. The fraction of sp³-hybridized carbons (Fsp3) is 0.294. The molecule has 3 nitrogen and oxygen atoms in total. The minimum absolute atomic E-state index is 0.0471. The molecule has 0 aliphatic rings. The Bertz CT molecular complexity index is 582. The summed E-state index contributed by atoms with van der Waals surface area (Å²) in [6.07, 6.45) is 0.842. The largest absolute Gasteiger partial charge is 0.497 e. The van der Waals surface area contributed by atoms with E-state index in [1.807, 2.05) is 37.3 Å². The highest BCUT2D eigenvalue weighted by atomic mass is 79.9. The number of benzene rings is 2. The molecule has 21 heavy (non-hydrogen) atoms. The van der Waals surface area contributed by atoms with Crippen LogP contribution in [0.1, 0.15) is 24.1 Å². The summed E-state index contributed by atoms with van der Waals surface area (Å²) in [6, 6.07) is 13.9. The van der Waals surface area contributed by atoms with Crippen LogP contribution in [0, 0.1) is 0 Å². The van der Waals surface area contributed by atoms with Crippen molar-refractivity contribution < 1.29 is 9.47 Å². The van der Waals surface area contributed by atoms with E-state index in [1.54, 1.807) is 7.11 Å². The van der Waals surface area contributed by atoms with Gasteiger partial charge in [0.15, 0.2) is 0 Å². The molecular weight excluding hydrogens is 330 g/mol. The van der Waals surface area contributed by atoms with Crippen LogP contribution >= 0.6 is 15.9 Å². The van der Waals surface area contributed by atoms with E-state index in [1.165, 1.54) is 5.56 Å². The zero-order chi connectivity index (χ0) is 15.2. The molecule has 2 N–H and O–H groups in total. The Hall–Kier alpha value is -1.52. The molecule has 112 valence electrons. The van der Waals surface area contributed by atoms with Crippen molar-refractivity contribution in [1.82, 2.24) is 0 Å². The van der Waals surface area contributed by atoms with Crippen molar-refractivity contribution in [3.8, 4) is 11.5 Å². The molecule has 0 aliphatic heterocycles. The van der Waals surface area contributed by atoms with Crippen LogP contribution in [0.4, 0.5) is 0 Å². The Labute approximate surface area is 134 Å². The molecule has 0 heterocycles. The third kappa shape index (κ3) is 4.48. The maximum Gasteiger partial charge on any atom is 0.125 e. The van der Waals surface area contributed by atoms with E-state index in [-0.39, 0.29) is 6.04 Å². The highest BCUT2D eigenvalue weighted by Gasteiger charge is 2.08. The van der Waals surface area contributed by atoms with Gasteiger partial charge in [-0.2, -0.15) is 0 Å². The van der Waals surface area contributed by atoms with Crippen molar-refractivity contribution in [1.29, 1.82) is 0 Å². The number of halogens is 1. The van der Waals surface area contributed by atoms with Gasteiger partial charge in [0.2, 0.25) is 0 Å². The van der Waals surface area contributed by atoms with E-state index in [0.29, 0.717) is 6.61 Å². The second-order valence-corrected chi connectivity index (χ2v) is 5.83. The summed E-state index contributed by atoms with van der Waals surface area (Å²) in [7, 11) is 1.67. The molecule has 0 saturated heterocycles. The minimum Gasteiger partial charge on any atom is -0.497 e. The van der Waals surface area contributed by atoms with Crippen LogP contribution in [0.5, 0.6) is 11.5 Å². The smallest absolute Gasteiger partial charge is 0.125 e. The Morgan fingerprint density at radius 2 is 1.86 bits per heavy atom. The third-order valence-corrected chi connectivity index (χ3v) is 3.77. The molecule has 0 aliphatic carbocycles. The van der Waals surface area contributed by atoms with Crippen molar-refractivity contribution in [3.05, 3.63) is 58.1 Å². The first-order valence-electron chi connectivity index (χ1n) is 6.91. The van der Waals surface area contributed by atoms with Crippen molar-refractivity contribution in [3.63, 3.8) is 0 Å².